The molecular formula is C17H27N3O2. The second-order valence-electron chi connectivity index (χ2n) is 6.80. The third-order valence-corrected chi connectivity index (χ3v) is 3.85. The lowest BCUT2D eigenvalue weighted by atomic mass is 10.2. The molecular weight excluding hydrogens is 278 g/mol. The molecule has 0 radical (unpaired) electrons. The third kappa shape index (κ3) is 3.90. The average Bonchev–Trinajstić information content (AvgIpc) is 2.87. The Kier molecular flexibility index (Phi) is 4.94. The molecule has 0 N–H and O–H groups in total. The van der Waals surface area contributed by atoms with Crippen LogP contribution in [-0.4, -0.2) is 47.3 Å². The average molecular weight is 305 g/mol. The van der Waals surface area contributed by atoms with Crippen molar-refractivity contribution in [2.24, 2.45) is 0 Å². The van der Waals surface area contributed by atoms with E-state index in [2.05, 4.69) is 22.9 Å². The zero-order chi connectivity index (χ0) is 16.3. The van der Waals surface area contributed by atoms with Crippen molar-refractivity contribution in [3.63, 3.8) is 0 Å². The van der Waals surface area contributed by atoms with Crippen LogP contribution in [-0.2, 0) is 4.74 Å². The molecule has 2 heterocycles. The molecule has 0 unspecified atom stereocenters. The first-order valence-electron chi connectivity index (χ1n) is 7.98. The summed E-state index contributed by atoms with van der Waals surface area (Å²) in [6, 6.07) is 4.20. The first kappa shape index (κ1) is 16.6. The van der Waals surface area contributed by atoms with Crippen molar-refractivity contribution in [2.45, 2.75) is 52.7 Å². The molecule has 1 aromatic rings. The molecule has 122 valence electrons. The van der Waals surface area contributed by atoms with Crippen molar-refractivity contribution in [1.82, 2.24) is 9.88 Å². The zero-order valence-electron chi connectivity index (χ0n) is 14.3. The summed E-state index contributed by atoms with van der Waals surface area (Å²) in [5, 5.41) is 0. The molecule has 0 aromatic carbocycles. The predicted octanol–water partition coefficient (Wildman–Crippen LogP) is 3.23. The Labute approximate surface area is 133 Å². The second kappa shape index (κ2) is 6.55. The molecule has 1 aliphatic heterocycles. The van der Waals surface area contributed by atoms with Gasteiger partial charge in [0.25, 0.3) is 0 Å². The molecule has 22 heavy (non-hydrogen) atoms. The highest BCUT2D eigenvalue weighted by atomic mass is 16.6. The topological polar surface area (TPSA) is 45.7 Å². The van der Waals surface area contributed by atoms with E-state index in [0.717, 1.165) is 25.3 Å². The summed E-state index contributed by atoms with van der Waals surface area (Å²) in [4.78, 5) is 20.9. The van der Waals surface area contributed by atoms with Gasteiger partial charge in [-0.05, 0) is 52.7 Å². The summed E-state index contributed by atoms with van der Waals surface area (Å²) < 4.78 is 5.52. The van der Waals surface area contributed by atoms with Gasteiger partial charge in [0.15, 0.2) is 0 Å². The van der Waals surface area contributed by atoms with Crippen molar-refractivity contribution in [3.05, 3.63) is 23.9 Å². The predicted molar refractivity (Wildman–Crippen MR) is 88.2 cm³/mol. The minimum Gasteiger partial charge on any atom is -0.444 e. The molecule has 0 spiro atoms. The van der Waals surface area contributed by atoms with Crippen LogP contribution in [0.25, 0.3) is 0 Å². The van der Waals surface area contributed by atoms with E-state index >= 15 is 0 Å². The Hall–Kier alpha value is -1.78. The lowest BCUT2D eigenvalue weighted by Gasteiger charge is -2.31. The van der Waals surface area contributed by atoms with Crippen molar-refractivity contribution in [3.8, 4) is 0 Å². The number of aryl methyl sites for hydroxylation is 1. The van der Waals surface area contributed by atoms with Crippen LogP contribution in [0.2, 0.25) is 0 Å². The van der Waals surface area contributed by atoms with E-state index < -0.39 is 5.60 Å². The van der Waals surface area contributed by atoms with E-state index in [1.165, 1.54) is 5.56 Å². The van der Waals surface area contributed by atoms with Gasteiger partial charge in [-0.15, -0.1) is 0 Å². The fourth-order valence-electron chi connectivity index (χ4n) is 2.85. The maximum absolute atomic E-state index is 12.4. The zero-order valence-corrected chi connectivity index (χ0v) is 14.3. The van der Waals surface area contributed by atoms with Crippen molar-refractivity contribution < 1.29 is 9.53 Å². The van der Waals surface area contributed by atoms with Gasteiger partial charge in [-0.1, -0.05) is 6.07 Å². The number of hydrogen-bond donors (Lipinski definition) is 0. The molecule has 1 atom stereocenters. The Balaban J connectivity index is 2.05. The first-order valence-corrected chi connectivity index (χ1v) is 7.98. The summed E-state index contributed by atoms with van der Waals surface area (Å²) >= 11 is 0. The number of likely N-dealkylation sites (N-methyl/N-ethyl adjacent to an activating group) is 1. The number of rotatable bonds is 3. The summed E-state index contributed by atoms with van der Waals surface area (Å²) in [6.45, 7) is 12.2. The molecule has 2 rings (SSSR count). The molecule has 0 bridgehead atoms. The van der Waals surface area contributed by atoms with Crippen LogP contribution in [0.1, 0.15) is 39.7 Å². The van der Waals surface area contributed by atoms with Crippen LogP contribution in [0.15, 0.2) is 18.3 Å². The number of pyridine rings is 1. The number of hydrogen-bond acceptors (Lipinski definition) is 4. The van der Waals surface area contributed by atoms with Crippen LogP contribution in [0.4, 0.5) is 10.6 Å². The molecule has 5 nitrogen and oxygen atoms in total. The minimum atomic E-state index is -0.458. The molecule has 1 aromatic heterocycles. The van der Waals surface area contributed by atoms with Gasteiger partial charge >= 0.3 is 6.09 Å². The van der Waals surface area contributed by atoms with Crippen LogP contribution in [0.5, 0.6) is 0 Å². The number of carbonyl (C=O) groups is 1. The fourth-order valence-corrected chi connectivity index (χ4v) is 2.85. The quantitative estimate of drug-likeness (QED) is 0.860. The van der Waals surface area contributed by atoms with Gasteiger partial charge in [0.1, 0.15) is 11.4 Å². The Morgan fingerprint density at radius 1 is 1.50 bits per heavy atom. The van der Waals surface area contributed by atoms with Crippen molar-refractivity contribution in [2.75, 3.05) is 24.5 Å². The van der Waals surface area contributed by atoms with Crippen molar-refractivity contribution in [1.29, 1.82) is 0 Å². The molecule has 0 saturated carbocycles. The monoisotopic (exact) mass is 305 g/mol. The Morgan fingerprint density at radius 2 is 2.23 bits per heavy atom. The van der Waals surface area contributed by atoms with Gasteiger partial charge in [0.2, 0.25) is 0 Å². The summed E-state index contributed by atoms with van der Waals surface area (Å²) in [7, 11) is 0. The number of aromatic nitrogens is 1. The van der Waals surface area contributed by atoms with Gasteiger partial charge in [0.05, 0.1) is 6.04 Å². The number of anilines is 1. The lowest BCUT2D eigenvalue weighted by Crippen LogP contribution is -2.44. The maximum atomic E-state index is 12.4. The highest BCUT2D eigenvalue weighted by molar-refractivity contribution is 5.69. The Bertz CT molecular complexity index is 525. The van der Waals surface area contributed by atoms with Crippen LogP contribution < -0.4 is 4.90 Å². The largest absolute Gasteiger partial charge is 0.444 e. The van der Waals surface area contributed by atoms with Crippen molar-refractivity contribution >= 4 is 11.9 Å². The molecule has 0 aliphatic carbocycles. The van der Waals surface area contributed by atoms with Gasteiger partial charge in [-0.2, -0.15) is 0 Å². The van der Waals surface area contributed by atoms with Crippen LogP contribution in [0.3, 0.4) is 0 Å². The highest BCUT2D eigenvalue weighted by Crippen LogP contribution is 2.24. The van der Waals surface area contributed by atoms with Gasteiger partial charge in [0, 0.05) is 25.8 Å². The van der Waals surface area contributed by atoms with E-state index in [1.54, 1.807) is 0 Å². The van der Waals surface area contributed by atoms with E-state index in [-0.39, 0.29) is 12.1 Å². The standard InChI is InChI=1S/C17H27N3O2/c1-6-20(16(21)22-17(3,4)5)14-9-11-19(12-14)15-13(2)8-7-10-18-15/h7-8,10,14H,6,9,11-12H2,1-5H3/t14-/m1/s1. The molecule has 1 fully saturated rings. The normalized spacial score (nSPS) is 18.4. The third-order valence-electron chi connectivity index (χ3n) is 3.85. The van der Waals surface area contributed by atoms with E-state index in [0.29, 0.717) is 6.54 Å². The minimum absolute atomic E-state index is 0.182. The smallest absolute Gasteiger partial charge is 0.410 e. The molecule has 5 heteroatoms. The summed E-state index contributed by atoms with van der Waals surface area (Å²) in [5.41, 5.74) is 0.712. The number of carbonyl (C=O) groups excluding carboxylic acids is 1. The lowest BCUT2D eigenvalue weighted by molar-refractivity contribution is 0.0191. The second-order valence-corrected chi connectivity index (χ2v) is 6.80. The van der Waals surface area contributed by atoms with Crippen LogP contribution in [0, 0.1) is 6.92 Å². The van der Waals surface area contributed by atoms with E-state index in [1.807, 2.05) is 44.9 Å². The van der Waals surface area contributed by atoms with Gasteiger partial charge < -0.3 is 14.5 Å². The van der Waals surface area contributed by atoms with Gasteiger partial charge in [-0.25, -0.2) is 9.78 Å². The van der Waals surface area contributed by atoms with E-state index in [9.17, 15) is 4.79 Å². The summed E-state index contributed by atoms with van der Waals surface area (Å²) in [5.74, 6) is 1.02. The van der Waals surface area contributed by atoms with E-state index in [4.69, 9.17) is 4.74 Å². The molecule has 1 saturated heterocycles. The van der Waals surface area contributed by atoms with Crippen LogP contribution >= 0.6 is 0 Å². The number of ether oxygens (including phenoxy) is 1. The Morgan fingerprint density at radius 3 is 2.82 bits per heavy atom. The summed E-state index contributed by atoms with van der Waals surface area (Å²) in [6.07, 6.45) is 2.55. The first-order chi connectivity index (χ1) is 10.3. The molecule has 1 aliphatic rings. The van der Waals surface area contributed by atoms with Gasteiger partial charge in [-0.3, -0.25) is 0 Å². The SMILES string of the molecule is CCN(C(=O)OC(C)(C)C)[C@@H]1CCN(c2ncccc2C)C1. The highest BCUT2D eigenvalue weighted by Gasteiger charge is 2.33. The molecule has 1 amide bonds. The fraction of sp³-hybridized carbons (Fsp3) is 0.647. The number of nitrogens with zero attached hydrogens (tertiary/aromatic N) is 3. The number of amides is 1. The maximum Gasteiger partial charge on any atom is 0.410 e.